The summed E-state index contributed by atoms with van der Waals surface area (Å²) >= 11 is 0. The second kappa shape index (κ2) is 7.35. The molecule has 1 N–H and O–H groups in total. The van der Waals surface area contributed by atoms with Gasteiger partial charge in [-0.15, -0.1) is 0 Å². The van der Waals surface area contributed by atoms with Crippen molar-refractivity contribution in [2.24, 2.45) is 5.92 Å². The lowest BCUT2D eigenvalue weighted by atomic mass is 10.1. The van der Waals surface area contributed by atoms with E-state index in [1.54, 1.807) is 4.90 Å². The Hall–Kier alpha value is -3.15. The molecule has 1 aliphatic carbocycles. The highest BCUT2D eigenvalue weighted by Gasteiger charge is 2.36. The Morgan fingerprint density at radius 2 is 1.86 bits per heavy atom. The Morgan fingerprint density at radius 3 is 2.62 bits per heavy atom. The summed E-state index contributed by atoms with van der Waals surface area (Å²) in [5, 5.41) is 2.96. The van der Waals surface area contributed by atoms with Gasteiger partial charge in [-0.25, -0.2) is 4.98 Å². The molecule has 148 valence electrons. The molecule has 6 nitrogen and oxygen atoms in total. The molecule has 0 bridgehead atoms. The van der Waals surface area contributed by atoms with Gasteiger partial charge in [-0.05, 0) is 68.0 Å². The van der Waals surface area contributed by atoms with Crippen LogP contribution in [0.25, 0.3) is 22.6 Å². The standard InChI is InChI=1S/C23H23N3O3/c27-21(14-15-7-8-15)26-13-3-5-19(26)22(28)24-17-11-9-16(10-12-17)23-25-18-4-1-2-6-20(18)29-23/h1-2,4,6,9-12,15,19H,3,5,7-8,13-14H2,(H,24,28). The zero-order valence-electron chi connectivity index (χ0n) is 16.1. The number of fused-ring (bicyclic) bond motifs is 1. The van der Waals surface area contributed by atoms with Crippen LogP contribution in [0.3, 0.4) is 0 Å². The highest BCUT2D eigenvalue weighted by Crippen LogP contribution is 2.34. The van der Waals surface area contributed by atoms with E-state index in [1.807, 2.05) is 48.5 Å². The van der Waals surface area contributed by atoms with Gasteiger partial charge in [0.1, 0.15) is 11.6 Å². The molecule has 2 heterocycles. The van der Waals surface area contributed by atoms with Gasteiger partial charge in [0.15, 0.2) is 5.58 Å². The second-order valence-electron chi connectivity index (χ2n) is 7.95. The molecule has 3 aromatic rings. The topological polar surface area (TPSA) is 75.4 Å². The Labute approximate surface area is 168 Å². The molecule has 0 radical (unpaired) electrons. The number of likely N-dealkylation sites (tertiary alicyclic amines) is 1. The van der Waals surface area contributed by atoms with Crippen molar-refractivity contribution in [2.75, 3.05) is 11.9 Å². The molecule has 1 aromatic heterocycles. The second-order valence-corrected chi connectivity index (χ2v) is 7.95. The zero-order valence-corrected chi connectivity index (χ0v) is 16.1. The first kappa shape index (κ1) is 17.9. The minimum Gasteiger partial charge on any atom is -0.436 e. The first-order chi connectivity index (χ1) is 14.2. The molecule has 6 heteroatoms. The van der Waals surface area contributed by atoms with Gasteiger partial charge < -0.3 is 14.6 Å². The summed E-state index contributed by atoms with van der Waals surface area (Å²) in [6, 6.07) is 14.7. The minimum absolute atomic E-state index is 0.110. The maximum absolute atomic E-state index is 12.8. The van der Waals surface area contributed by atoms with Crippen LogP contribution >= 0.6 is 0 Å². The average molecular weight is 389 g/mol. The van der Waals surface area contributed by atoms with Crippen molar-refractivity contribution in [3.05, 3.63) is 48.5 Å². The molecule has 2 fully saturated rings. The summed E-state index contributed by atoms with van der Waals surface area (Å²) in [6.07, 6.45) is 4.48. The van der Waals surface area contributed by atoms with Crippen LogP contribution in [-0.4, -0.2) is 34.3 Å². The maximum Gasteiger partial charge on any atom is 0.247 e. The number of nitrogens with one attached hydrogen (secondary N) is 1. The van der Waals surface area contributed by atoms with Gasteiger partial charge in [0.05, 0.1) is 0 Å². The van der Waals surface area contributed by atoms with Crippen LogP contribution in [0.1, 0.15) is 32.1 Å². The fraction of sp³-hybridized carbons (Fsp3) is 0.348. The van der Waals surface area contributed by atoms with Crippen LogP contribution in [0.2, 0.25) is 0 Å². The molecule has 1 unspecified atom stereocenters. The lowest BCUT2D eigenvalue weighted by Crippen LogP contribution is -2.43. The van der Waals surface area contributed by atoms with E-state index in [-0.39, 0.29) is 17.9 Å². The first-order valence-electron chi connectivity index (χ1n) is 10.2. The van der Waals surface area contributed by atoms with E-state index in [4.69, 9.17) is 4.42 Å². The van der Waals surface area contributed by atoms with Crippen molar-refractivity contribution >= 4 is 28.6 Å². The number of hydrogen-bond donors (Lipinski definition) is 1. The normalized spacial score (nSPS) is 18.9. The highest BCUT2D eigenvalue weighted by atomic mass is 16.3. The molecule has 1 saturated carbocycles. The summed E-state index contributed by atoms with van der Waals surface area (Å²) in [7, 11) is 0. The van der Waals surface area contributed by atoms with Crippen molar-refractivity contribution < 1.29 is 14.0 Å². The van der Waals surface area contributed by atoms with E-state index < -0.39 is 0 Å². The molecule has 2 aromatic carbocycles. The molecular weight excluding hydrogens is 366 g/mol. The number of para-hydroxylation sites is 2. The summed E-state index contributed by atoms with van der Waals surface area (Å²) in [5.41, 5.74) is 3.12. The monoisotopic (exact) mass is 389 g/mol. The van der Waals surface area contributed by atoms with E-state index in [2.05, 4.69) is 10.3 Å². The number of benzene rings is 2. The summed E-state index contributed by atoms with van der Waals surface area (Å²) in [6.45, 7) is 0.681. The van der Waals surface area contributed by atoms with Gasteiger partial charge in [0, 0.05) is 24.2 Å². The summed E-state index contributed by atoms with van der Waals surface area (Å²) in [5.74, 6) is 1.10. The fourth-order valence-corrected chi connectivity index (χ4v) is 3.94. The third-order valence-corrected chi connectivity index (χ3v) is 5.73. The van der Waals surface area contributed by atoms with E-state index in [1.165, 1.54) is 0 Å². The molecule has 1 saturated heterocycles. The maximum atomic E-state index is 12.8. The quantitative estimate of drug-likeness (QED) is 0.709. The predicted octanol–water partition coefficient (Wildman–Crippen LogP) is 4.22. The van der Waals surface area contributed by atoms with E-state index in [0.717, 1.165) is 42.3 Å². The number of hydrogen-bond acceptors (Lipinski definition) is 4. The Morgan fingerprint density at radius 1 is 1.07 bits per heavy atom. The molecular formula is C23H23N3O3. The van der Waals surface area contributed by atoms with Crippen molar-refractivity contribution in [1.82, 2.24) is 9.88 Å². The van der Waals surface area contributed by atoms with Gasteiger partial charge in [0.25, 0.3) is 0 Å². The van der Waals surface area contributed by atoms with Gasteiger partial charge in [-0.2, -0.15) is 0 Å². The number of nitrogens with zero attached hydrogens (tertiary/aromatic N) is 2. The van der Waals surface area contributed by atoms with Gasteiger partial charge in [-0.1, -0.05) is 12.1 Å². The average Bonchev–Trinajstić information content (AvgIpc) is 3.24. The molecule has 2 aliphatic rings. The van der Waals surface area contributed by atoms with Crippen LogP contribution in [0.5, 0.6) is 0 Å². The Kier molecular flexibility index (Phi) is 4.54. The number of amides is 2. The van der Waals surface area contributed by atoms with Crippen LogP contribution in [0.4, 0.5) is 5.69 Å². The molecule has 1 aliphatic heterocycles. The zero-order chi connectivity index (χ0) is 19.8. The van der Waals surface area contributed by atoms with E-state index >= 15 is 0 Å². The molecule has 0 spiro atoms. The largest absolute Gasteiger partial charge is 0.436 e. The number of carbonyl (C=O) groups is 2. The predicted molar refractivity (Wildman–Crippen MR) is 110 cm³/mol. The van der Waals surface area contributed by atoms with E-state index in [0.29, 0.717) is 30.5 Å². The first-order valence-corrected chi connectivity index (χ1v) is 10.2. The van der Waals surface area contributed by atoms with Crippen LogP contribution in [0, 0.1) is 5.92 Å². The van der Waals surface area contributed by atoms with Crippen LogP contribution < -0.4 is 5.32 Å². The van der Waals surface area contributed by atoms with Crippen molar-refractivity contribution in [2.45, 2.75) is 38.1 Å². The summed E-state index contributed by atoms with van der Waals surface area (Å²) < 4.78 is 5.79. The number of anilines is 1. The third-order valence-electron chi connectivity index (χ3n) is 5.73. The minimum atomic E-state index is -0.363. The van der Waals surface area contributed by atoms with Crippen LogP contribution in [-0.2, 0) is 9.59 Å². The lowest BCUT2D eigenvalue weighted by molar-refractivity contribution is -0.136. The molecule has 5 rings (SSSR count). The highest BCUT2D eigenvalue weighted by molar-refractivity contribution is 5.97. The number of rotatable bonds is 5. The van der Waals surface area contributed by atoms with Gasteiger partial charge >= 0.3 is 0 Å². The van der Waals surface area contributed by atoms with Crippen molar-refractivity contribution in [3.63, 3.8) is 0 Å². The van der Waals surface area contributed by atoms with Gasteiger partial charge in [-0.3, -0.25) is 9.59 Å². The van der Waals surface area contributed by atoms with Gasteiger partial charge in [0.2, 0.25) is 17.7 Å². The fourth-order valence-electron chi connectivity index (χ4n) is 3.94. The van der Waals surface area contributed by atoms with Crippen molar-refractivity contribution in [1.29, 1.82) is 0 Å². The number of oxazole rings is 1. The summed E-state index contributed by atoms with van der Waals surface area (Å²) in [4.78, 5) is 31.5. The molecule has 1 atom stereocenters. The van der Waals surface area contributed by atoms with Crippen molar-refractivity contribution in [3.8, 4) is 11.5 Å². The molecule has 2 amide bonds. The lowest BCUT2D eigenvalue weighted by Gasteiger charge is -2.24. The number of carbonyl (C=O) groups excluding carboxylic acids is 2. The smallest absolute Gasteiger partial charge is 0.247 e. The van der Waals surface area contributed by atoms with Crippen LogP contribution in [0.15, 0.2) is 52.9 Å². The Balaban J connectivity index is 1.26. The molecule has 29 heavy (non-hydrogen) atoms. The number of aromatic nitrogens is 1. The SMILES string of the molecule is O=C(Nc1ccc(-c2nc3ccccc3o2)cc1)C1CCCN1C(=O)CC1CC1. The Bertz CT molecular complexity index is 1020. The van der Waals surface area contributed by atoms with E-state index in [9.17, 15) is 9.59 Å². The third kappa shape index (κ3) is 3.75.